The van der Waals surface area contributed by atoms with Crippen molar-refractivity contribution in [2.24, 2.45) is 0 Å². The molecular weight excluding hydrogens is 270 g/mol. The fourth-order valence-corrected chi connectivity index (χ4v) is 2.55. The highest BCUT2D eigenvalue weighted by Crippen LogP contribution is 2.30. The van der Waals surface area contributed by atoms with Gasteiger partial charge in [-0.3, -0.25) is 15.0 Å². The van der Waals surface area contributed by atoms with Gasteiger partial charge in [0.25, 0.3) is 5.69 Å². The van der Waals surface area contributed by atoms with Gasteiger partial charge in [0.1, 0.15) is 0 Å². The van der Waals surface area contributed by atoms with Crippen LogP contribution in [0.3, 0.4) is 0 Å². The zero-order valence-electron chi connectivity index (χ0n) is 10.4. The number of hydrogen-bond acceptors (Lipinski definition) is 5. The number of nitro groups is 1. The molecule has 0 unspecified atom stereocenters. The summed E-state index contributed by atoms with van der Waals surface area (Å²) < 4.78 is 0. The van der Waals surface area contributed by atoms with Crippen LogP contribution in [0.15, 0.2) is 18.2 Å². The van der Waals surface area contributed by atoms with Crippen LogP contribution in [0.5, 0.6) is 0 Å². The Balaban J connectivity index is 2.30. The fraction of sp³-hybridized carbons (Fsp3) is 0.500. The van der Waals surface area contributed by atoms with Gasteiger partial charge < -0.3 is 10.4 Å². The molecule has 0 saturated carbocycles. The minimum atomic E-state index is -0.452. The zero-order valence-corrected chi connectivity index (χ0v) is 11.1. The minimum Gasteiger partial charge on any atom is -0.394 e. The number of rotatable bonds is 4. The molecule has 1 atom stereocenters. The molecule has 1 fully saturated rings. The maximum atomic E-state index is 10.8. The number of aliphatic hydroxyl groups is 1. The van der Waals surface area contributed by atoms with Crippen molar-refractivity contribution in [3.63, 3.8) is 0 Å². The number of nitrogens with one attached hydrogen (secondary N) is 1. The first kappa shape index (κ1) is 14.2. The molecule has 0 aromatic heterocycles. The maximum Gasteiger partial charge on any atom is 0.269 e. The summed E-state index contributed by atoms with van der Waals surface area (Å²) in [5.41, 5.74) is 0.605. The number of halogens is 1. The Labute approximate surface area is 116 Å². The van der Waals surface area contributed by atoms with E-state index in [2.05, 4.69) is 10.2 Å². The average molecular weight is 286 g/mol. The standard InChI is InChI=1S/C12H16ClN3O3/c13-11-2-1-9(16(18)19)7-10(11)12(8-17)15-5-3-14-4-6-15/h1-2,7,12,14,17H,3-6,8H2/t12-/m1/s1. The topological polar surface area (TPSA) is 78.6 Å². The van der Waals surface area contributed by atoms with Crippen molar-refractivity contribution in [2.45, 2.75) is 6.04 Å². The van der Waals surface area contributed by atoms with Gasteiger partial charge in [0.15, 0.2) is 0 Å². The van der Waals surface area contributed by atoms with Gasteiger partial charge in [0.05, 0.1) is 17.6 Å². The van der Waals surface area contributed by atoms with E-state index in [0.717, 1.165) is 26.2 Å². The molecule has 1 aromatic rings. The lowest BCUT2D eigenvalue weighted by atomic mass is 10.0. The first-order chi connectivity index (χ1) is 9.13. The number of benzene rings is 1. The normalized spacial score (nSPS) is 18.2. The van der Waals surface area contributed by atoms with Crippen molar-refractivity contribution in [2.75, 3.05) is 32.8 Å². The van der Waals surface area contributed by atoms with Gasteiger partial charge in [-0.2, -0.15) is 0 Å². The van der Waals surface area contributed by atoms with Crippen LogP contribution in [0.2, 0.25) is 5.02 Å². The van der Waals surface area contributed by atoms with Gasteiger partial charge in [-0.1, -0.05) is 11.6 Å². The fourth-order valence-electron chi connectivity index (χ4n) is 2.30. The van der Waals surface area contributed by atoms with Crippen molar-refractivity contribution < 1.29 is 10.0 Å². The lowest BCUT2D eigenvalue weighted by Gasteiger charge is -2.34. The molecule has 0 amide bonds. The predicted octanol–water partition coefficient (Wildman–Crippen LogP) is 1.19. The first-order valence-corrected chi connectivity index (χ1v) is 6.50. The van der Waals surface area contributed by atoms with Crippen molar-refractivity contribution >= 4 is 17.3 Å². The van der Waals surface area contributed by atoms with Crippen LogP contribution in [0.1, 0.15) is 11.6 Å². The van der Waals surface area contributed by atoms with E-state index in [1.54, 1.807) is 0 Å². The van der Waals surface area contributed by atoms with Gasteiger partial charge >= 0.3 is 0 Å². The smallest absolute Gasteiger partial charge is 0.269 e. The van der Waals surface area contributed by atoms with Gasteiger partial charge in [-0.15, -0.1) is 0 Å². The molecule has 104 valence electrons. The molecule has 1 heterocycles. The Morgan fingerprint density at radius 3 is 2.74 bits per heavy atom. The maximum absolute atomic E-state index is 10.8. The molecule has 19 heavy (non-hydrogen) atoms. The third-order valence-corrected chi connectivity index (χ3v) is 3.66. The third-order valence-electron chi connectivity index (χ3n) is 3.31. The monoisotopic (exact) mass is 285 g/mol. The van der Waals surface area contributed by atoms with E-state index in [0.29, 0.717) is 10.6 Å². The highest BCUT2D eigenvalue weighted by molar-refractivity contribution is 6.31. The summed E-state index contributed by atoms with van der Waals surface area (Å²) in [6, 6.07) is 4.04. The summed E-state index contributed by atoms with van der Waals surface area (Å²) in [6.07, 6.45) is 0. The van der Waals surface area contributed by atoms with Crippen molar-refractivity contribution in [1.82, 2.24) is 10.2 Å². The first-order valence-electron chi connectivity index (χ1n) is 6.13. The van der Waals surface area contributed by atoms with E-state index in [4.69, 9.17) is 11.6 Å². The second-order valence-corrected chi connectivity index (χ2v) is 4.85. The Bertz CT molecular complexity index is 464. The van der Waals surface area contributed by atoms with Crippen LogP contribution in [0, 0.1) is 10.1 Å². The second kappa shape index (κ2) is 6.29. The van der Waals surface area contributed by atoms with Crippen molar-refractivity contribution in [3.05, 3.63) is 38.9 Å². The molecule has 0 aliphatic carbocycles. The molecule has 1 aliphatic rings. The van der Waals surface area contributed by atoms with E-state index in [1.165, 1.54) is 18.2 Å². The predicted molar refractivity (Wildman–Crippen MR) is 72.4 cm³/mol. The van der Waals surface area contributed by atoms with E-state index in [1.807, 2.05) is 0 Å². The van der Waals surface area contributed by atoms with Crippen LogP contribution in [-0.2, 0) is 0 Å². The van der Waals surface area contributed by atoms with Gasteiger partial charge in [-0.25, -0.2) is 0 Å². The lowest BCUT2D eigenvalue weighted by molar-refractivity contribution is -0.385. The Kier molecular flexibility index (Phi) is 4.71. The van der Waals surface area contributed by atoms with Crippen molar-refractivity contribution in [1.29, 1.82) is 0 Å². The molecule has 2 rings (SSSR count). The van der Waals surface area contributed by atoms with E-state index in [9.17, 15) is 15.2 Å². The molecule has 1 saturated heterocycles. The van der Waals surface area contributed by atoms with Crippen molar-refractivity contribution in [3.8, 4) is 0 Å². The van der Waals surface area contributed by atoms with Crippen LogP contribution in [0.25, 0.3) is 0 Å². The molecule has 1 aliphatic heterocycles. The van der Waals surface area contributed by atoms with Crippen LogP contribution in [0.4, 0.5) is 5.69 Å². The minimum absolute atomic E-state index is 0.00650. The lowest BCUT2D eigenvalue weighted by Crippen LogP contribution is -2.46. The van der Waals surface area contributed by atoms with Crippen LogP contribution >= 0.6 is 11.6 Å². The number of hydrogen-bond donors (Lipinski definition) is 2. The molecule has 6 nitrogen and oxygen atoms in total. The summed E-state index contributed by atoms with van der Waals surface area (Å²) in [5, 5.41) is 24.1. The summed E-state index contributed by atoms with van der Waals surface area (Å²) in [7, 11) is 0. The number of piperazine rings is 1. The number of nitrogens with zero attached hydrogens (tertiary/aromatic N) is 2. The van der Waals surface area contributed by atoms with Gasteiger partial charge in [0.2, 0.25) is 0 Å². The Morgan fingerprint density at radius 2 is 2.16 bits per heavy atom. The van der Waals surface area contributed by atoms with E-state index >= 15 is 0 Å². The highest BCUT2D eigenvalue weighted by atomic mass is 35.5. The second-order valence-electron chi connectivity index (χ2n) is 4.45. The van der Waals surface area contributed by atoms with Gasteiger partial charge in [0, 0.05) is 43.3 Å². The average Bonchev–Trinajstić information content (AvgIpc) is 2.42. The van der Waals surface area contributed by atoms with Gasteiger partial charge in [-0.05, 0) is 11.6 Å². The SMILES string of the molecule is O=[N+]([O-])c1ccc(Cl)c([C@@H](CO)N2CCNCC2)c1. The van der Waals surface area contributed by atoms with Crippen LogP contribution in [-0.4, -0.2) is 47.7 Å². The number of aliphatic hydroxyl groups excluding tert-OH is 1. The van der Waals surface area contributed by atoms with E-state index in [-0.39, 0.29) is 18.3 Å². The summed E-state index contributed by atoms with van der Waals surface area (Å²) in [6.45, 7) is 3.13. The molecule has 0 bridgehead atoms. The highest BCUT2D eigenvalue weighted by Gasteiger charge is 2.25. The third kappa shape index (κ3) is 3.22. The van der Waals surface area contributed by atoms with Crippen LogP contribution < -0.4 is 5.32 Å². The molecule has 1 aromatic carbocycles. The number of non-ortho nitro benzene ring substituents is 1. The van der Waals surface area contributed by atoms with E-state index < -0.39 is 4.92 Å². The Hall–Kier alpha value is -1.21. The molecular formula is C12H16ClN3O3. The summed E-state index contributed by atoms with van der Waals surface area (Å²) in [4.78, 5) is 12.5. The largest absolute Gasteiger partial charge is 0.394 e. The number of nitro benzene ring substituents is 1. The summed E-state index contributed by atoms with van der Waals surface area (Å²) >= 11 is 6.12. The molecule has 0 radical (unpaired) electrons. The Morgan fingerprint density at radius 1 is 1.47 bits per heavy atom. The summed E-state index contributed by atoms with van der Waals surface area (Å²) in [5.74, 6) is 0. The quantitative estimate of drug-likeness (QED) is 0.642. The molecule has 2 N–H and O–H groups in total. The molecule has 0 spiro atoms. The zero-order chi connectivity index (χ0) is 13.8. The molecule has 7 heteroatoms.